The molecule has 10 heteroatoms. The van der Waals surface area contributed by atoms with Crippen LogP contribution < -0.4 is 15.4 Å². The van der Waals surface area contributed by atoms with Gasteiger partial charge in [0, 0.05) is 13.5 Å². The maximum absolute atomic E-state index is 11.6. The Morgan fingerprint density at radius 2 is 1.71 bits per heavy atom. The number of aryl methyl sites for hydroxylation is 1. The molecule has 1 aromatic rings. The van der Waals surface area contributed by atoms with Gasteiger partial charge in [0.15, 0.2) is 6.61 Å². The molecule has 0 aliphatic rings. The number of imide groups is 1. The highest BCUT2D eigenvalue weighted by molar-refractivity contribution is 7.89. The summed E-state index contributed by atoms with van der Waals surface area (Å²) >= 11 is 0. The molecule has 1 aromatic carbocycles. The highest BCUT2D eigenvalue weighted by Crippen LogP contribution is 2.11. The first-order valence-corrected chi connectivity index (χ1v) is 8.46. The van der Waals surface area contributed by atoms with Crippen molar-refractivity contribution in [2.45, 2.75) is 17.7 Å². The zero-order valence-electron chi connectivity index (χ0n) is 13.3. The quantitative estimate of drug-likeness (QED) is 0.565. The Morgan fingerprint density at radius 1 is 1.08 bits per heavy atom. The number of amides is 3. The molecule has 9 nitrogen and oxygen atoms in total. The number of hydrogen-bond donors (Lipinski definition) is 3. The van der Waals surface area contributed by atoms with E-state index < -0.39 is 34.5 Å². The van der Waals surface area contributed by atoms with Crippen molar-refractivity contribution in [2.24, 2.45) is 0 Å². The van der Waals surface area contributed by atoms with Crippen LogP contribution in [0, 0.1) is 0 Å². The lowest BCUT2D eigenvalue weighted by atomic mass is 10.1. The summed E-state index contributed by atoms with van der Waals surface area (Å²) in [4.78, 5) is 33.8. The number of nitrogens with one attached hydrogen (secondary N) is 3. The van der Waals surface area contributed by atoms with Gasteiger partial charge in [0.25, 0.3) is 5.91 Å². The van der Waals surface area contributed by atoms with Crippen LogP contribution in [0.4, 0.5) is 4.79 Å². The minimum atomic E-state index is -3.50. The molecule has 1 rings (SSSR count). The van der Waals surface area contributed by atoms with E-state index in [0.717, 1.165) is 5.56 Å². The molecule has 0 aromatic heterocycles. The van der Waals surface area contributed by atoms with Crippen molar-refractivity contribution >= 4 is 27.9 Å². The lowest BCUT2D eigenvalue weighted by Crippen LogP contribution is -2.39. The molecule has 0 unspecified atom stereocenters. The normalized spacial score (nSPS) is 10.8. The molecule has 0 atom stereocenters. The molecular weight excluding hydrogens is 338 g/mol. The molecule has 24 heavy (non-hydrogen) atoms. The van der Waals surface area contributed by atoms with Gasteiger partial charge in [-0.1, -0.05) is 12.1 Å². The highest BCUT2D eigenvalue weighted by atomic mass is 32.2. The first kappa shape index (κ1) is 19.6. The molecular formula is C14H19N3O6S. The van der Waals surface area contributed by atoms with Crippen molar-refractivity contribution in [2.75, 3.05) is 20.7 Å². The summed E-state index contributed by atoms with van der Waals surface area (Å²) in [7, 11) is -0.827. The Hall–Kier alpha value is -2.46. The van der Waals surface area contributed by atoms with E-state index in [9.17, 15) is 22.8 Å². The second-order valence-corrected chi connectivity index (χ2v) is 6.53. The summed E-state index contributed by atoms with van der Waals surface area (Å²) in [6.45, 7) is -0.550. The minimum absolute atomic E-state index is 0.0192. The zero-order chi connectivity index (χ0) is 18.2. The van der Waals surface area contributed by atoms with Crippen LogP contribution in [-0.2, 0) is 30.8 Å². The molecule has 0 saturated heterocycles. The fourth-order valence-corrected chi connectivity index (χ4v) is 2.37. The van der Waals surface area contributed by atoms with Crippen molar-refractivity contribution in [3.8, 4) is 0 Å². The molecule has 0 fully saturated rings. The van der Waals surface area contributed by atoms with Crippen LogP contribution in [0.15, 0.2) is 29.2 Å². The molecule has 132 valence electrons. The number of hydrogen-bond acceptors (Lipinski definition) is 6. The van der Waals surface area contributed by atoms with Crippen LogP contribution in [0.5, 0.6) is 0 Å². The molecule has 0 bridgehead atoms. The van der Waals surface area contributed by atoms with E-state index >= 15 is 0 Å². The van der Waals surface area contributed by atoms with Crippen molar-refractivity contribution in [3.05, 3.63) is 29.8 Å². The van der Waals surface area contributed by atoms with Crippen LogP contribution in [0.2, 0.25) is 0 Å². The Labute approximate surface area is 139 Å². The standard InChI is InChI=1S/C14H19N3O6S/c1-15-14(20)17-12(18)9-23-13(19)8-5-10-3-6-11(7-4-10)24(21,22)16-2/h3-4,6-7,16H,5,8-9H2,1-2H3,(H2,15,17,18,20). The highest BCUT2D eigenvalue weighted by Gasteiger charge is 2.12. The molecule has 0 saturated carbocycles. The average molecular weight is 357 g/mol. The average Bonchev–Trinajstić information content (AvgIpc) is 2.58. The third kappa shape index (κ3) is 6.34. The SMILES string of the molecule is CNC(=O)NC(=O)COC(=O)CCc1ccc(S(=O)(=O)NC)cc1. The van der Waals surface area contributed by atoms with Crippen molar-refractivity contribution in [1.82, 2.24) is 15.4 Å². The third-order valence-corrected chi connectivity index (χ3v) is 4.39. The van der Waals surface area contributed by atoms with E-state index in [-0.39, 0.29) is 11.3 Å². The van der Waals surface area contributed by atoms with Gasteiger partial charge in [0.2, 0.25) is 10.0 Å². The summed E-state index contributed by atoms with van der Waals surface area (Å²) in [5.41, 5.74) is 0.747. The van der Waals surface area contributed by atoms with Gasteiger partial charge >= 0.3 is 12.0 Å². The Balaban J connectivity index is 2.42. The maximum atomic E-state index is 11.6. The molecule has 0 aliphatic carbocycles. The largest absolute Gasteiger partial charge is 0.456 e. The van der Waals surface area contributed by atoms with Gasteiger partial charge in [0.1, 0.15) is 0 Å². The number of urea groups is 1. The van der Waals surface area contributed by atoms with Crippen molar-refractivity contribution < 1.29 is 27.5 Å². The van der Waals surface area contributed by atoms with Crippen LogP contribution in [0.1, 0.15) is 12.0 Å². The molecule has 3 N–H and O–H groups in total. The Morgan fingerprint density at radius 3 is 2.25 bits per heavy atom. The molecule has 0 aliphatic heterocycles. The number of carbonyl (C=O) groups excluding carboxylic acids is 3. The Kier molecular flexibility index (Phi) is 7.33. The van der Waals surface area contributed by atoms with E-state index in [0.29, 0.717) is 6.42 Å². The summed E-state index contributed by atoms with van der Waals surface area (Å²) in [6, 6.07) is 5.37. The smallest absolute Gasteiger partial charge is 0.321 e. The van der Waals surface area contributed by atoms with E-state index in [4.69, 9.17) is 4.74 Å². The first-order valence-electron chi connectivity index (χ1n) is 6.98. The number of ether oxygens (including phenoxy) is 1. The predicted molar refractivity (Wildman–Crippen MR) is 84.6 cm³/mol. The van der Waals surface area contributed by atoms with E-state index in [1.54, 1.807) is 12.1 Å². The van der Waals surface area contributed by atoms with Gasteiger partial charge in [-0.05, 0) is 31.2 Å². The van der Waals surface area contributed by atoms with Gasteiger partial charge in [0.05, 0.1) is 4.90 Å². The summed E-state index contributed by atoms with van der Waals surface area (Å²) in [6.07, 6.45) is 0.348. The Bertz CT molecular complexity index is 700. The van der Waals surface area contributed by atoms with Crippen LogP contribution in [-0.4, -0.2) is 47.0 Å². The summed E-state index contributed by atoms with van der Waals surface area (Å²) in [5, 5.41) is 4.15. The lowest BCUT2D eigenvalue weighted by molar-refractivity contribution is -0.148. The van der Waals surface area contributed by atoms with Gasteiger partial charge in [-0.3, -0.25) is 14.9 Å². The maximum Gasteiger partial charge on any atom is 0.321 e. The van der Waals surface area contributed by atoms with E-state index in [2.05, 4.69) is 10.0 Å². The van der Waals surface area contributed by atoms with E-state index in [1.807, 2.05) is 5.32 Å². The number of rotatable bonds is 7. The fraction of sp³-hybridized carbons (Fsp3) is 0.357. The number of esters is 1. The number of sulfonamides is 1. The van der Waals surface area contributed by atoms with Gasteiger partial charge in [-0.25, -0.2) is 17.9 Å². The minimum Gasteiger partial charge on any atom is -0.456 e. The van der Waals surface area contributed by atoms with Crippen molar-refractivity contribution in [3.63, 3.8) is 0 Å². The van der Waals surface area contributed by atoms with Crippen LogP contribution >= 0.6 is 0 Å². The predicted octanol–water partition coefficient (Wildman–Crippen LogP) is -0.474. The monoisotopic (exact) mass is 357 g/mol. The second-order valence-electron chi connectivity index (χ2n) is 4.64. The molecule has 0 heterocycles. The van der Waals surface area contributed by atoms with Crippen molar-refractivity contribution in [1.29, 1.82) is 0 Å². The van der Waals surface area contributed by atoms with Gasteiger partial charge < -0.3 is 10.1 Å². The second kappa shape index (κ2) is 8.99. The topological polar surface area (TPSA) is 131 Å². The van der Waals surface area contributed by atoms with Gasteiger partial charge in [-0.15, -0.1) is 0 Å². The first-order chi connectivity index (χ1) is 11.3. The number of carbonyl (C=O) groups is 3. The lowest BCUT2D eigenvalue weighted by Gasteiger charge is -2.06. The van der Waals surface area contributed by atoms with E-state index in [1.165, 1.54) is 26.2 Å². The molecule has 0 spiro atoms. The van der Waals surface area contributed by atoms with Gasteiger partial charge in [-0.2, -0.15) is 0 Å². The zero-order valence-corrected chi connectivity index (χ0v) is 14.1. The van der Waals surface area contributed by atoms with Crippen LogP contribution in [0.25, 0.3) is 0 Å². The fourth-order valence-electron chi connectivity index (χ4n) is 1.64. The molecule has 0 radical (unpaired) electrons. The number of benzene rings is 1. The summed E-state index contributed by atoms with van der Waals surface area (Å²) in [5.74, 6) is -1.33. The van der Waals surface area contributed by atoms with Crippen LogP contribution in [0.3, 0.4) is 0 Å². The summed E-state index contributed by atoms with van der Waals surface area (Å²) < 4.78 is 30.1. The molecule has 3 amide bonds. The third-order valence-electron chi connectivity index (χ3n) is 2.96.